The van der Waals surface area contributed by atoms with Gasteiger partial charge in [0.1, 0.15) is 10.9 Å². The van der Waals surface area contributed by atoms with Gasteiger partial charge in [-0.05, 0) is 23.3 Å². The second-order valence-electron chi connectivity index (χ2n) is 4.54. The van der Waals surface area contributed by atoms with E-state index in [1.54, 1.807) is 12.1 Å². The molecule has 3 rings (SSSR count). The molecule has 0 bridgehead atoms. The molecule has 22 heavy (non-hydrogen) atoms. The van der Waals surface area contributed by atoms with Crippen LogP contribution in [0.2, 0.25) is 0 Å². The Kier molecular flexibility index (Phi) is 3.95. The van der Waals surface area contributed by atoms with E-state index in [-0.39, 0.29) is 5.91 Å². The summed E-state index contributed by atoms with van der Waals surface area (Å²) in [7, 11) is 0. The van der Waals surface area contributed by atoms with Gasteiger partial charge in [0, 0.05) is 5.56 Å². The molecule has 0 fully saturated rings. The molecule has 0 aliphatic carbocycles. The van der Waals surface area contributed by atoms with E-state index in [2.05, 4.69) is 10.3 Å². The molecule has 2 aromatic carbocycles. The standard InChI is InChI=1S/C17H11N3OS/c18-10-15-11-19-17(22-15)20-16(21)14-8-6-13(7-9-14)12-4-2-1-3-5-12/h1-9,11H,(H,19,20,21). The van der Waals surface area contributed by atoms with Crippen molar-refractivity contribution < 1.29 is 4.79 Å². The topological polar surface area (TPSA) is 65.8 Å². The first-order valence-corrected chi connectivity index (χ1v) is 7.41. The molecule has 3 aromatic rings. The summed E-state index contributed by atoms with van der Waals surface area (Å²) in [5, 5.41) is 11.9. The van der Waals surface area contributed by atoms with Crippen molar-refractivity contribution in [3.8, 4) is 17.2 Å². The van der Waals surface area contributed by atoms with Crippen molar-refractivity contribution in [1.29, 1.82) is 5.26 Å². The van der Waals surface area contributed by atoms with Crippen LogP contribution in [0.15, 0.2) is 60.8 Å². The van der Waals surface area contributed by atoms with Crippen LogP contribution in [0.1, 0.15) is 15.2 Å². The first-order valence-electron chi connectivity index (χ1n) is 6.59. The van der Waals surface area contributed by atoms with Crippen LogP contribution in [0.5, 0.6) is 0 Å². The first-order chi connectivity index (χ1) is 10.8. The summed E-state index contributed by atoms with van der Waals surface area (Å²) in [4.78, 5) is 16.6. The quantitative estimate of drug-likeness (QED) is 0.797. The molecular weight excluding hydrogens is 294 g/mol. The molecule has 0 saturated heterocycles. The van der Waals surface area contributed by atoms with E-state index in [1.165, 1.54) is 6.20 Å². The van der Waals surface area contributed by atoms with Crippen molar-refractivity contribution in [3.63, 3.8) is 0 Å². The number of aromatic nitrogens is 1. The molecule has 1 aromatic heterocycles. The number of carbonyl (C=O) groups excluding carboxylic acids is 1. The summed E-state index contributed by atoms with van der Waals surface area (Å²) in [6.07, 6.45) is 1.44. The van der Waals surface area contributed by atoms with Crippen LogP contribution in [0.4, 0.5) is 5.13 Å². The summed E-state index contributed by atoms with van der Waals surface area (Å²) in [6, 6.07) is 19.3. The normalized spacial score (nSPS) is 9.95. The number of nitrogens with zero attached hydrogens (tertiary/aromatic N) is 2. The van der Waals surface area contributed by atoms with Gasteiger partial charge in [0.25, 0.3) is 5.91 Å². The van der Waals surface area contributed by atoms with E-state index >= 15 is 0 Å². The maximum atomic E-state index is 12.1. The largest absolute Gasteiger partial charge is 0.298 e. The van der Waals surface area contributed by atoms with Gasteiger partial charge < -0.3 is 0 Å². The van der Waals surface area contributed by atoms with Gasteiger partial charge in [0.15, 0.2) is 5.13 Å². The molecule has 1 heterocycles. The predicted octanol–water partition coefficient (Wildman–Crippen LogP) is 3.93. The molecule has 0 unspecified atom stereocenters. The van der Waals surface area contributed by atoms with Crippen LogP contribution in [-0.2, 0) is 0 Å². The zero-order valence-electron chi connectivity index (χ0n) is 11.5. The van der Waals surface area contributed by atoms with Crippen LogP contribution in [0, 0.1) is 11.3 Å². The summed E-state index contributed by atoms with van der Waals surface area (Å²) in [5.74, 6) is -0.238. The van der Waals surface area contributed by atoms with E-state index in [1.807, 2.05) is 48.5 Å². The van der Waals surface area contributed by atoms with Gasteiger partial charge in [-0.1, -0.05) is 53.8 Å². The molecule has 0 aliphatic rings. The summed E-state index contributed by atoms with van der Waals surface area (Å²) in [6.45, 7) is 0. The number of hydrogen-bond acceptors (Lipinski definition) is 4. The van der Waals surface area contributed by atoms with Crippen molar-refractivity contribution in [2.45, 2.75) is 0 Å². The number of nitriles is 1. The van der Waals surface area contributed by atoms with Gasteiger partial charge in [0.05, 0.1) is 6.20 Å². The van der Waals surface area contributed by atoms with Crippen molar-refractivity contribution >= 4 is 22.4 Å². The van der Waals surface area contributed by atoms with Crippen LogP contribution in [0.3, 0.4) is 0 Å². The van der Waals surface area contributed by atoms with Gasteiger partial charge in [-0.2, -0.15) is 5.26 Å². The second-order valence-corrected chi connectivity index (χ2v) is 5.57. The Hall–Kier alpha value is -2.97. The summed E-state index contributed by atoms with van der Waals surface area (Å²) < 4.78 is 0. The fourth-order valence-corrected chi connectivity index (χ4v) is 2.61. The number of hydrogen-bond donors (Lipinski definition) is 1. The minimum atomic E-state index is -0.238. The number of benzene rings is 2. The third kappa shape index (κ3) is 3.03. The van der Waals surface area contributed by atoms with Gasteiger partial charge in [0.2, 0.25) is 0 Å². The zero-order chi connectivity index (χ0) is 15.4. The van der Waals surface area contributed by atoms with Crippen molar-refractivity contribution in [2.75, 3.05) is 5.32 Å². The van der Waals surface area contributed by atoms with Crippen molar-refractivity contribution in [1.82, 2.24) is 4.98 Å². The van der Waals surface area contributed by atoms with Gasteiger partial charge in [-0.15, -0.1) is 0 Å². The van der Waals surface area contributed by atoms with Crippen molar-refractivity contribution in [2.24, 2.45) is 0 Å². The minimum Gasteiger partial charge on any atom is -0.298 e. The molecule has 4 nitrogen and oxygen atoms in total. The number of carbonyl (C=O) groups is 1. The molecule has 0 saturated carbocycles. The molecule has 1 amide bonds. The lowest BCUT2D eigenvalue weighted by atomic mass is 10.0. The monoisotopic (exact) mass is 305 g/mol. The van der Waals surface area contributed by atoms with E-state index in [4.69, 9.17) is 5.26 Å². The molecule has 0 aliphatic heterocycles. The smallest absolute Gasteiger partial charge is 0.257 e. The number of nitrogens with one attached hydrogen (secondary N) is 1. The van der Waals surface area contributed by atoms with Crippen molar-refractivity contribution in [3.05, 3.63) is 71.2 Å². The van der Waals surface area contributed by atoms with Gasteiger partial charge in [-0.3, -0.25) is 10.1 Å². The molecule has 106 valence electrons. The maximum Gasteiger partial charge on any atom is 0.257 e. The minimum absolute atomic E-state index is 0.238. The van der Waals surface area contributed by atoms with Gasteiger partial charge >= 0.3 is 0 Å². The lowest BCUT2D eigenvalue weighted by Crippen LogP contribution is -2.11. The SMILES string of the molecule is N#Cc1cnc(NC(=O)c2ccc(-c3ccccc3)cc2)s1. The predicted molar refractivity (Wildman–Crippen MR) is 86.7 cm³/mol. The average Bonchev–Trinajstić information content (AvgIpc) is 3.03. The molecular formula is C17H11N3OS. The molecule has 0 radical (unpaired) electrons. The van der Waals surface area contributed by atoms with E-state index in [0.717, 1.165) is 22.5 Å². The lowest BCUT2D eigenvalue weighted by molar-refractivity contribution is 0.102. The van der Waals surface area contributed by atoms with Crippen LogP contribution < -0.4 is 5.32 Å². The number of amides is 1. The Morgan fingerprint density at radius 3 is 2.36 bits per heavy atom. The van der Waals surface area contributed by atoms with Crippen LogP contribution >= 0.6 is 11.3 Å². The Labute approximate surface area is 131 Å². The maximum absolute atomic E-state index is 12.1. The van der Waals surface area contributed by atoms with Crippen LogP contribution in [-0.4, -0.2) is 10.9 Å². The van der Waals surface area contributed by atoms with E-state index in [0.29, 0.717) is 15.6 Å². The Morgan fingerprint density at radius 1 is 1.05 bits per heavy atom. The lowest BCUT2D eigenvalue weighted by Gasteiger charge is -2.04. The van der Waals surface area contributed by atoms with Gasteiger partial charge in [-0.25, -0.2) is 4.98 Å². The first kappa shape index (κ1) is 14.0. The van der Waals surface area contributed by atoms with E-state index < -0.39 is 0 Å². The molecule has 5 heteroatoms. The number of anilines is 1. The van der Waals surface area contributed by atoms with Crippen LogP contribution in [0.25, 0.3) is 11.1 Å². The molecule has 0 spiro atoms. The number of rotatable bonds is 3. The highest BCUT2D eigenvalue weighted by molar-refractivity contribution is 7.16. The third-order valence-electron chi connectivity index (χ3n) is 3.09. The number of thiazole rings is 1. The Bertz CT molecular complexity index is 832. The highest BCUT2D eigenvalue weighted by Gasteiger charge is 2.09. The summed E-state index contributed by atoms with van der Waals surface area (Å²) >= 11 is 1.15. The third-order valence-corrected chi connectivity index (χ3v) is 3.91. The highest BCUT2D eigenvalue weighted by atomic mass is 32.1. The Morgan fingerprint density at radius 2 is 1.73 bits per heavy atom. The highest BCUT2D eigenvalue weighted by Crippen LogP contribution is 2.21. The van der Waals surface area contributed by atoms with E-state index in [9.17, 15) is 4.79 Å². The fraction of sp³-hybridized carbons (Fsp3) is 0. The summed E-state index contributed by atoms with van der Waals surface area (Å²) in [5.41, 5.74) is 2.71. The average molecular weight is 305 g/mol. The molecule has 1 N–H and O–H groups in total. The fourth-order valence-electron chi connectivity index (χ4n) is 2.00. The molecule has 0 atom stereocenters. The second kappa shape index (κ2) is 6.20. The Balaban J connectivity index is 1.75. The zero-order valence-corrected chi connectivity index (χ0v) is 12.3.